The summed E-state index contributed by atoms with van der Waals surface area (Å²) in [5, 5.41) is 11.6. The summed E-state index contributed by atoms with van der Waals surface area (Å²) in [6, 6.07) is 7.25. The molecule has 0 aromatic heterocycles. The molecular formula is C16H22N2O3. The Balaban J connectivity index is 2.09. The number of rotatable bonds is 5. The van der Waals surface area contributed by atoms with Gasteiger partial charge in [0.25, 0.3) is 5.91 Å². The van der Waals surface area contributed by atoms with E-state index < -0.39 is 0 Å². The number of carbonyl (C=O) groups is 2. The molecule has 2 rings (SSSR count). The average Bonchev–Trinajstić information content (AvgIpc) is 2.92. The molecule has 1 saturated heterocycles. The van der Waals surface area contributed by atoms with E-state index in [0.717, 1.165) is 32.2 Å². The number of aliphatic hydroxyl groups excluding tert-OH is 1. The van der Waals surface area contributed by atoms with Crippen LogP contribution in [0.25, 0.3) is 0 Å². The Morgan fingerprint density at radius 1 is 1.43 bits per heavy atom. The largest absolute Gasteiger partial charge is 0.396 e. The van der Waals surface area contributed by atoms with Crippen molar-refractivity contribution in [3.8, 4) is 0 Å². The maximum absolute atomic E-state index is 12.6. The highest BCUT2D eigenvalue weighted by molar-refractivity contribution is 5.97. The molecule has 5 heteroatoms. The Morgan fingerprint density at radius 2 is 2.24 bits per heavy atom. The van der Waals surface area contributed by atoms with E-state index in [4.69, 9.17) is 5.11 Å². The van der Waals surface area contributed by atoms with Crippen molar-refractivity contribution in [1.82, 2.24) is 4.90 Å². The first-order chi connectivity index (χ1) is 10.1. The van der Waals surface area contributed by atoms with Gasteiger partial charge in [-0.25, -0.2) is 0 Å². The highest BCUT2D eigenvalue weighted by Gasteiger charge is 2.28. The molecule has 0 bridgehead atoms. The third-order valence-corrected chi connectivity index (χ3v) is 3.76. The first kappa shape index (κ1) is 15.5. The molecule has 1 heterocycles. The molecule has 114 valence electrons. The van der Waals surface area contributed by atoms with Crippen LogP contribution in [0.5, 0.6) is 0 Å². The number of benzene rings is 1. The van der Waals surface area contributed by atoms with Gasteiger partial charge in [-0.05, 0) is 43.9 Å². The van der Waals surface area contributed by atoms with Crippen molar-refractivity contribution in [2.24, 2.45) is 0 Å². The molecule has 21 heavy (non-hydrogen) atoms. The van der Waals surface area contributed by atoms with E-state index in [1.807, 2.05) is 4.90 Å². The second kappa shape index (κ2) is 7.22. The molecule has 1 unspecified atom stereocenters. The van der Waals surface area contributed by atoms with Gasteiger partial charge in [0.15, 0.2) is 0 Å². The quantitative estimate of drug-likeness (QED) is 0.871. The molecule has 0 radical (unpaired) electrons. The summed E-state index contributed by atoms with van der Waals surface area (Å²) in [5.74, 6) is -0.149. The maximum atomic E-state index is 12.6. The van der Waals surface area contributed by atoms with Gasteiger partial charge in [0.05, 0.1) is 0 Å². The van der Waals surface area contributed by atoms with Gasteiger partial charge in [-0.2, -0.15) is 0 Å². The highest BCUT2D eigenvalue weighted by atomic mass is 16.3. The Hall–Kier alpha value is -1.88. The van der Waals surface area contributed by atoms with Crippen molar-refractivity contribution in [3.05, 3.63) is 29.8 Å². The van der Waals surface area contributed by atoms with Crippen LogP contribution >= 0.6 is 0 Å². The zero-order valence-corrected chi connectivity index (χ0v) is 12.3. The van der Waals surface area contributed by atoms with Crippen LogP contribution < -0.4 is 5.32 Å². The van der Waals surface area contributed by atoms with Crippen molar-refractivity contribution in [1.29, 1.82) is 0 Å². The minimum absolute atomic E-state index is 0.00245. The molecule has 5 nitrogen and oxygen atoms in total. The predicted octanol–water partition coefficient (Wildman–Crippen LogP) is 2.02. The summed E-state index contributed by atoms with van der Waals surface area (Å²) in [4.78, 5) is 25.6. The Kier molecular flexibility index (Phi) is 5.33. The lowest BCUT2D eigenvalue weighted by atomic mass is 10.1. The van der Waals surface area contributed by atoms with E-state index in [2.05, 4.69) is 5.32 Å². The molecule has 1 aliphatic heterocycles. The van der Waals surface area contributed by atoms with Gasteiger partial charge in [0.2, 0.25) is 5.91 Å². The minimum atomic E-state index is -0.151. The molecule has 1 atom stereocenters. The Morgan fingerprint density at radius 3 is 2.95 bits per heavy atom. The fourth-order valence-electron chi connectivity index (χ4n) is 2.83. The third-order valence-electron chi connectivity index (χ3n) is 3.76. The van der Waals surface area contributed by atoms with Crippen molar-refractivity contribution < 1.29 is 14.7 Å². The SMILES string of the molecule is CC(=O)Nc1cccc(C(=O)N2CCCC2CCCO)c1. The zero-order valence-electron chi connectivity index (χ0n) is 12.3. The van der Waals surface area contributed by atoms with Crippen LogP contribution in [-0.2, 0) is 4.79 Å². The smallest absolute Gasteiger partial charge is 0.254 e. The third kappa shape index (κ3) is 4.04. The average molecular weight is 290 g/mol. The maximum Gasteiger partial charge on any atom is 0.254 e. The number of nitrogens with zero attached hydrogens (tertiary/aromatic N) is 1. The number of hydrogen-bond acceptors (Lipinski definition) is 3. The lowest BCUT2D eigenvalue weighted by Crippen LogP contribution is -2.35. The molecular weight excluding hydrogens is 268 g/mol. The molecule has 1 aromatic carbocycles. The Bertz CT molecular complexity index is 516. The number of amides is 2. The summed E-state index contributed by atoms with van der Waals surface area (Å²) in [7, 11) is 0. The van der Waals surface area contributed by atoms with E-state index in [0.29, 0.717) is 11.3 Å². The number of nitrogens with one attached hydrogen (secondary N) is 1. The van der Waals surface area contributed by atoms with Crippen molar-refractivity contribution in [2.45, 2.75) is 38.6 Å². The minimum Gasteiger partial charge on any atom is -0.396 e. The fraction of sp³-hybridized carbons (Fsp3) is 0.500. The van der Waals surface area contributed by atoms with E-state index in [1.165, 1.54) is 6.92 Å². The van der Waals surface area contributed by atoms with E-state index >= 15 is 0 Å². The van der Waals surface area contributed by atoms with Gasteiger partial charge in [0.1, 0.15) is 0 Å². The summed E-state index contributed by atoms with van der Waals surface area (Å²) in [6.45, 7) is 2.37. The van der Waals surface area contributed by atoms with E-state index in [-0.39, 0.29) is 24.5 Å². The second-order valence-corrected chi connectivity index (χ2v) is 5.42. The molecule has 2 amide bonds. The van der Waals surface area contributed by atoms with Gasteiger partial charge >= 0.3 is 0 Å². The second-order valence-electron chi connectivity index (χ2n) is 5.42. The number of aliphatic hydroxyl groups is 1. The molecule has 0 aliphatic carbocycles. The first-order valence-electron chi connectivity index (χ1n) is 7.41. The van der Waals surface area contributed by atoms with Gasteiger partial charge < -0.3 is 15.3 Å². The number of anilines is 1. The molecule has 1 aromatic rings. The normalized spacial score (nSPS) is 17.8. The lowest BCUT2D eigenvalue weighted by Gasteiger charge is -2.25. The predicted molar refractivity (Wildman–Crippen MR) is 81.1 cm³/mol. The Labute approximate surface area is 125 Å². The highest BCUT2D eigenvalue weighted by Crippen LogP contribution is 2.24. The van der Waals surface area contributed by atoms with E-state index in [1.54, 1.807) is 24.3 Å². The van der Waals surface area contributed by atoms with Crippen LogP contribution in [0.4, 0.5) is 5.69 Å². The number of carbonyl (C=O) groups excluding carboxylic acids is 2. The van der Waals surface area contributed by atoms with Crippen LogP contribution in [0, 0.1) is 0 Å². The molecule has 0 spiro atoms. The standard InChI is InChI=1S/C16H22N2O3/c1-12(20)17-14-6-2-5-13(11-14)16(21)18-9-3-7-15(18)8-4-10-19/h2,5-6,11,15,19H,3-4,7-10H2,1H3,(H,17,20). The first-order valence-corrected chi connectivity index (χ1v) is 7.41. The summed E-state index contributed by atoms with van der Waals surface area (Å²) >= 11 is 0. The van der Waals surface area contributed by atoms with Gasteiger partial charge in [-0.1, -0.05) is 6.07 Å². The van der Waals surface area contributed by atoms with Crippen LogP contribution in [0.2, 0.25) is 0 Å². The summed E-state index contributed by atoms with van der Waals surface area (Å²) in [6.07, 6.45) is 3.57. The summed E-state index contributed by atoms with van der Waals surface area (Å²) in [5.41, 5.74) is 1.23. The molecule has 1 fully saturated rings. The van der Waals surface area contributed by atoms with Gasteiger partial charge in [0, 0.05) is 37.4 Å². The fourth-order valence-corrected chi connectivity index (χ4v) is 2.83. The molecule has 0 saturated carbocycles. The van der Waals surface area contributed by atoms with Gasteiger partial charge in [-0.15, -0.1) is 0 Å². The van der Waals surface area contributed by atoms with Crippen LogP contribution in [0.1, 0.15) is 43.0 Å². The van der Waals surface area contributed by atoms with Gasteiger partial charge in [-0.3, -0.25) is 9.59 Å². The monoisotopic (exact) mass is 290 g/mol. The zero-order chi connectivity index (χ0) is 15.2. The van der Waals surface area contributed by atoms with Crippen molar-refractivity contribution in [2.75, 3.05) is 18.5 Å². The van der Waals surface area contributed by atoms with E-state index in [9.17, 15) is 9.59 Å². The molecule has 1 aliphatic rings. The molecule has 2 N–H and O–H groups in total. The van der Waals surface area contributed by atoms with Crippen molar-refractivity contribution in [3.63, 3.8) is 0 Å². The lowest BCUT2D eigenvalue weighted by molar-refractivity contribution is -0.114. The van der Waals surface area contributed by atoms with Crippen molar-refractivity contribution >= 4 is 17.5 Å². The topological polar surface area (TPSA) is 69.6 Å². The number of likely N-dealkylation sites (tertiary alicyclic amines) is 1. The number of hydrogen-bond donors (Lipinski definition) is 2. The summed E-state index contributed by atoms with van der Waals surface area (Å²) < 4.78 is 0. The van der Waals surface area contributed by atoms with Crippen LogP contribution in [-0.4, -0.2) is 41.0 Å². The van der Waals surface area contributed by atoms with Crippen LogP contribution in [0.15, 0.2) is 24.3 Å². The van der Waals surface area contributed by atoms with Crippen LogP contribution in [0.3, 0.4) is 0 Å².